The van der Waals surface area contributed by atoms with Gasteiger partial charge in [-0.15, -0.1) is 0 Å². The van der Waals surface area contributed by atoms with Gasteiger partial charge < -0.3 is 14.6 Å². The highest BCUT2D eigenvalue weighted by Gasteiger charge is 2.40. The minimum Gasteiger partial charge on any atom is -0.502 e. The van der Waals surface area contributed by atoms with Gasteiger partial charge in [0.25, 0.3) is 5.91 Å². The monoisotopic (exact) mass is 339 g/mol. The van der Waals surface area contributed by atoms with Gasteiger partial charge in [-0.1, -0.05) is 29.8 Å². The third-order valence-corrected chi connectivity index (χ3v) is 4.02. The molecule has 128 valence electrons. The van der Waals surface area contributed by atoms with E-state index in [1.165, 1.54) is 20.3 Å². The Bertz CT molecular complexity index is 883. The summed E-state index contributed by atoms with van der Waals surface area (Å²) in [4.78, 5) is 26.2. The number of ether oxygens (including phenoxy) is 2. The molecule has 2 aromatic rings. The van der Waals surface area contributed by atoms with Crippen LogP contribution in [0, 0.1) is 6.92 Å². The molecule has 0 aliphatic carbocycles. The Morgan fingerprint density at radius 3 is 2.12 bits per heavy atom. The topological polar surface area (TPSA) is 76.1 Å². The maximum atomic E-state index is 12.8. The highest BCUT2D eigenvalue weighted by molar-refractivity contribution is 6.44. The first-order chi connectivity index (χ1) is 12.0. The molecule has 1 N–H and O–H groups in total. The summed E-state index contributed by atoms with van der Waals surface area (Å²) >= 11 is 0. The van der Waals surface area contributed by atoms with Gasteiger partial charge in [0.1, 0.15) is 0 Å². The molecule has 0 saturated carbocycles. The van der Waals surface area contributed by atoms with Crippen LogP contribution < -0.4 is 14.4 Å². The standard InChI is InChI=1S/C19H17NO5/c1-11-4-6-12(7-5-11)16-17(21)19(23)20(18(16)22)13-8-9-14(24-2)15(10-13)25-3/h4-10,21H,1-3H3. The molecule has 1 aliphatic rings. The van der Waals surface area contributed by atoms with Crippen LogP contribution in [0.2, 0.25) is 0 Å². The molecular weight excluding hydrogens is 322 g/mol. The van der Waals surface area contributed by atoms with E-state index in [4.69, 9.17) is 9.47 Å². The van der Waals surface area contributed by atoms with E-state index in [0.717, 1.165) is 10.5 Å². The predicted octanol–water partition coefficient (Wildman–Crippen LogP) is 2.85. The summed E-state index contributed by atoms with van der Waals surface area (Å²) in [6, 6.07) is 11.7. The van der Waals surface area contributed by atoms with Crippen molar-refractivity contribution in [2.24, 2.45) is 0 Å². The van der Waals surface area contributed by atoms with Crippen molar-refractivity contribution in [1.82, 2.24) is 0 Å². The highest BCUT2D eigenvalue weighted by Crippen LogP contribution is 2.36. The van der Waals surface area contributed by atoms with Crippen molar-refractivity contribution in [2.75, 3.05) is 19.1 Å². The lowest BCUT2D eigenvalue weighted by Crippen LogP contribution is -2.31. The zero-order valence-electron chi connectivity index (χ0n) is 14.1. The van der Waals surface area contributed by atoms with Crippen LogP contribution in [0.5, 0.6) is 11.5 Å². The smallest absolute Gasteiger partial charge is 0.301 e. The second kappa shape index (κ2) is 6.32. The van der Waals surface area contributed by atoms with Crippen molar-refractivity contribution in [2.45, 2.75) is 6.92 Å². The first-order valence-corrected chi connectivity index (χ1v) is 7.59. The number of imide groups is 1. The minimum absolute atomic E-state index is 0.0141. The first kappa shape index (κ1) is 16.6. The zero-order chi connectivity index (χ0) is 18.1. The van der Waals surface area contributed by atoms with Gasteiger partial charge in [0.2, 0.25) is 0 Å². The molecule has 0 fully saturated rings. The van der Waals surface area contributed by atoms with Gasteiger partial charge in [0, 0.05) is 6.07 Å². The molecule has 0 spiro atoms. The minimum atomic E-state index is -0.771. The van der Waals surface area contributed by atoms with Crippen LogP contribution in [0.25, 0.3) is 5.57 Å². The fourth-order valence-electron chi connectivity index (χ4n) is 2.70. The predicted molar refractivity (Wildman–Crippen MR) is 92.8 cm³/mol. The van der Waals surface area contributed by atoms with Gasteiger partial charge >= 0.3 is 5.91 Å². The van der Waals surface area contributed by atoms with E-state index in [0.29, 0.717) is 22.7 Å². The Morgan fingerprint density at radius 2 is 1.52 bits per heavy atom. The number of carbonyl (C=O) groups is 2. The SMILES string of the molecule is COc1ccc(N2C(=O)C(O)=C(c3ccc(C)cc3)C2=O)cc1OC. The van der Waals surface area contributed by atoms with Crippen LogP contribution in [0.1, 0.15) is 11.1 Å². The quantitative estimate of drug-likeness (QED) is 0.867. The molecule has 0 bridgehead atoms. The summed E-state index contributed by atoms with van der Waals surface area (Å²) in [5.41, 5.74) is 1.78. The van der Waals surface area contributed by atoms with Gasteiger partial charge in [0.05, 0.1) is 25.5 Å². The molecule has 1 aliphatic heterocycles. The molecule has 0 aromatic heterocycles. The Labute approximate surface area is 144 Å². The van der Waals surface area contributed by atoms with Gasteiger partial charge in [-0.25, -0.2) is 4.90 Å². The fraction of sp³-hybridized carbons (Fsp3) is 0.158. The number of rotatable bonds is 4. The summed E-state index contributed by atoms with van der Waals surface area (Å²) in [6.45, 7) is 1.91. The Balaban J connectivity index is 2.03. The molecule has 1 heterocycles. The molecular formula is C19H17NO5. The molecule has 3 rings (SSSR count). The number of amides is 2. The number of aliphatic hydroxyl groups excluding tert-OH is 1. The Morgan fingerprint density at radius 1 is 0.880 bits per heavy atom. The van der Waals surface area contributed by atoms with E-state index in [9.17, 15) is 14.7 Å². The Kier molecular flexibility index (Phi) is 4.19. The second-order valence-electron chi connectivity index (χ2n) is 5.57. The van der Waals surface area contributed by atoms with Crippen molar-refractivity contribution < 1.29 is 24.2 Å². The van der Waals surface area contributed by atoms with E-state index in [-0.39, 0.29) is 5.57 Å². The lowest BCUT2D eigenvalue weighted by atomic mass is 10.0. The number of carbonyl (C=O) groups excluding carboxylic acids is 2. The Hall–Kier alpha value is -3.28. The summed E-state index contributed by atoms with van der Waals surface area (Å²) < 4.78 is 10.4. The average molecular weight is 339 g/mol. The van der Waals surface area contributed by atoms with Crippen LogP contribution >= 0.6 is 0 Å². The number of anilines is 1. The summed E-state index contributed by atoms with van der Waals surface area (Å²) in [7, 11) is 2.95. The molecule has 0 unspecified atom stereocenters. The molecule has 0 atom stereocenters. The number of nitrogens with zero attached hydrogens (tertiary/aromatic N) is 1. The van der Waals surface area contributed by atoms with E-state index < -0.39 is 17.6 Å². The number of benzene rings is 2. The van der Waals surface area contributed by atoms with Crippen LogP contribution in [-0.2, 0) is 9.59 Å². The molecule has 6 nitrogen and oxygen atoms in total. The number of hydrogen-bond donors (Lipinski definition) is 1. The molecule has 0 saturated heterocycles. The van der Waals surface area contributed by atoms with E-state index >= 15 is 0 Å². The van der Waals surface area contributed by atoms with Gasteiger partial charge in [0.15, 0.2) is 17.3 Å². The van der Waals surface area contributed by atoms with Crippen molar-refractivity contribution in [3.8, 4) is 11.5 Å². The summed E-state index contributed by atoms with van der Waals surface area (Å²) in [6.07, 6.45) is 0. The lowest BCUT2D eigenvalue weighted by molar-refractivity contribution is -0.121. The third kappa shape index (κ3) is 2.71. The number of aliphatic hydroxyl groups is 1. The number of methoxy groups -OCH3 is 2. The average Bonchev–Trinajstić information content (AvgIpc) is 2.84. The van der Waals surface area contributed by atoms with Gasteiger partial charge in [-0.05, 0) is 24.6 Å². The first-order valence-electron chi connectivity index (χ1n) is 7.59. The summed E-state index contributed by atoms with van der Waals surface area (Å²) in [5, 5.41) is 10.2. The van der Waals surface area contributed by atoms with Crippen LogP contribution in [0.3, 0.4) is 0 Å². The van der Waals surface area contributed by atoms with Crippen LogP contribution in [-0.4, -0.2) is 31.1 Å². The fourth-order valence-corrected chi connectivity index (χ4v) is 2.70. The number of hydrogen-bond acceptors (Lipinski definition) is 5. The van der Waals surface area contributed by atoms with Crippen LogP contribution in [0.4, 0.5) is 5.69 Å². The van der Waals surface area contributed by atoms with Gasteiger partial charge in [-0.3, -0.25) is 9.59 Å². The van der Waals surface area contributed by atoms with E-state index in [1.807, 2.05) is 19.1 Å². The van der Waals surface area contributed by atoms with Crippen molar-refractivity contribution >= 4 is 23.1 Å². The maximum absolute atomic E-state index is 12.8. The second-order valence-corrected chi connectivity index (χ2v) is 5.57. The molecule has 6 heteroatoms. The van der Waals surface area contributed by atoms with E-state index in [2.05, 4.69) is 0 Å². The van der Waals surface area contributed by atoms with Crippen molar-refractivity contribution in [1.29, 1.82) is 0 Å². The van der Waals surface area contributed by atoms with Gasteiger partial charge in [-0.2, -0.15) is 0 Å². The summed E-state index contributed by atoms with van der Waals surface area (Å²) in [5.74, 6) is -1.07. The van der Waals surface area contributed by atoms with Crippen molar-refractivity contribution in [3.63, 3.8) is 0 Å². The maximum Gasteiger partial charge on any atom is 0.301 e. The van der Waals surface area contributed by atoms with Crippen LogP contribution in [0.15, 0.2) is 48.2 Å². The van der Waals surface area contributed by atoms with Crippen molar-refractivity contribution in [3.05, 3.63) is 59.4 Å². The zero-order valence-corrected chi connectivity index (χ0v) is 14.1. The lowest BCUT2D eigenvalue weighted by Gasteiger charge is -2.17. The molecule has 25 heavy (non-hydrogen) atoms. The molecule has 2 aromatic carbocycles. The highest BCUT2D eigenvalue weighted by atomic mass is 16.5. The number of aryl methyl sites for hydroxylation is 1. The molecule has 2 amide bonds. The largest absolute Gasteiger partial charge is 0.502 e. The third-order valence-electron chi connectivity index (χ3n) is 4.02. The van der Waals surface area contributed by atoms with E-state index in [1.54, 1.807) is 24.3 Å². The molecule has 0 radical (unpaired) electrons. The normalized spacial score (nSPS) is 14.3.